The number of nitrogens with one attached hydrogen (secondary N) is 1. The predicted molar refractivity (Wildman–Crippen MR) is 150 cm³/mol. The maximum atomic E-state index is 12.2. The van der Waals surface area contributed by atoms with Crippen LogP contribution in [-0.4, -0.2) is 48.1 Å². The molecule has 2 fully saturated rings. The Bertz CT molecular complexity index is 1690. The Kier molecular flexibility index (Phi) is 5.26. The normalized spacial score (nSPS) is 20.0. The lowest BCUT2D eigenvalue weighted by atomic mass is 9.60. The summed E-state index contributed by atoms with van der Waals surface area (Å²) in [5.41, 5.74) is 9.30. The van der Waals surface area contributed by atoms with Crippen molar-refractivity contribution in [3.8, 4) is 22.4 Å². The number of likely N-dealkylation sites (tertiary alicyclic amines) is 1. The molecule has 2 aromatic heterocycles. The summed E-state index contributed by atoms with van der Waals surface area (Å²) >= 11 is 7.02. The minimum absolute atomic E-state index is 0.00896. The molecular weight excluding hydrogens is 518 g/mol. The summed E-state index contributed by atoms with van der Waals surface area (Å²) in [6.07, 6.45) is 5.20. The molecule has 0 bridgehead atoms. The number of H-pyrrole nitrogens is 1. The van der Waals surface area contributed by atoms with Crippen LogP contribution in [0.2, 0.25) is 5.02 Å². The first-order valence-corrected chi connectivity index (χ1v) is 14.7. The van der Waals surface area contributed by atoms with Gasteiger partial charge in [0.05, 0.1) is 22.8 Å². The smallest absolute Gasteiger partial charge is 0.245 e. The summed E-state index contributed by atoms with van der Waals surface area (Å²) in [6, 6.07) is 8.63. The molecule has 2 aliphatic heterocycles. The molecule has 3 aliphatic rings. The molecule has 7 rings (SSSR count). The average Bonchev–Trinajstić information content (AvgIpc) is 3.54. The van der Waals surface area contributed by atoms with Crippen molar-refractivity contribution in [2.75, 3.05) is 13.1 Å². The van der Waals surface area contributed by atoms with Gasteiger partial charge in [0.25, 0.3) is 0 Å². The van der Waals surface area contributed by atoms with Gasteiger partial charge in [-0.05, 0) is 61.6 Å². The maximum absolute atomic E-state index is 12.2. The van der Waals surface area contributed by atoms with Gasteiger partial charge in [0.2, 0.25) is 5.91 Å². The van der Waals surface area contributed by atoms with Gasteiger partial charge in [-0.25, -0.2) is 0 Å². The van der Waals surface area contributed by atoms with E-state index in [-0.39, 0.29) is 17.4 Å². The van der Waals surface area contributed by atoms with Crippen LogP contribution in [0.3, 0.4) is 0 Å². The van der Waals surface area contributed by atoms with Crippen LogP contribution in [0.5, 0.6) is 0 Å². The number of benzene rings is 2. The lowest BCUT2D eigenvalue weighted by molar-refractivity contribution is -0.149. The molecule has 9 heteroatoms. The van der Waals surface area contributed by atoms with Gasteiger partial charge in [-0.3, -0.25) is 18.8 Å². The molecule has 1 saturated carbocycles. The lowest BCUT2D eigenvalue weighted by Gasteiger charge is -2.58. The first-order chi connectivity index (χ1) is 18.3. The van der Waals surface area contributed by atoms with Gasteiger partial charge >= 0.3 is 0 Å². The highest BCUT2D eigenvalue weighted by Gasteiger charge is 2.54. The molecule has 1 aliphatic carbocycles. The summed E-state index contributed by atoms with van der Waals surface area (Å²) in [5, 5.41) is 14.3. The quantitative estimate of drug-likeness (QED) is 0.344. The fourth-order valence-corrected chi connectivity index (χ4v) is 8.28. The van der Waals surface area contributed by atoms with Crippen molar-refractivity contribution < 1.29 is 9.00 Å². The molecule has 194 valence electrons. The molecule has 1 saturated heterocycles. The molecule has 1 atom stereocenters. The molecule has 2 aromatic carbocycles. The van der Waals surface area contributed by atoms with Crippen molar-refractivity contribution in [1.29, 1.82) is 0 Å². The first kappa shape index (κ1) is 23.9. The number of hydrogen-bond donors (Lipinski definition) is 1. The summed E-state index contributed by atoms with van der Waals surface area (Å²) in [4.78, 5) is 13.9. The largest absolute Gasteiger partial charge is 0.338 e. The molecule has 1 unspecified atom stereocenters. The second-order valence-corrected chi connectivity index (χ2v) is 13.0. The monoisotopic (exact) mass is 545 g/mol. The van der Waals surface area contributed by atoms with Crippen molar-refractivity contribution >= 4 is 39.2 Å². The van der Waals surface area contributed by atoms with Crippen LogP contribution in [0.25, 0.3) is 33.3 Å². The van der Waals surface area contributed by atoms with E-state index in [0.717, 1.165) is 81.6 Å². The fourth-order valence-electron chi connectivity index (χ4n) is 6.69. The van der Waals surface area contributed by atoms with E-state index in [1.807, 2.05) is 24.1 Å². The number of nitrogens with zero attached hydrogens (tertiary/aromatic N) is 4. The van der Waals surface area contributed by atoms with E-state index in [1.54, 1.807) is 0 Å². The standard InChI is InChI=1S/C29H28ClN5O2S/c1-4-24(36)34-14-29(15-34)9-21(10-29)35-17(3)25(26-22-11-31-32-23(22)7-16(2)27(26)30)28(33-35)18-5-6-19-12-38(37)13-20(19)8-18/h4-8,11,21H,1,9-10,12-15H2,2-3H3,(H,31,32). The van der Waals surface area contributed by atoms with Crippen LogP contribution in [-0.2, 0) is 27.1 Å². The first-order valence-electron chi connectivity index (χ1n) is 12.9. The van der Waals surface area contributed by atoms with Crippen LogP contribution >= 0.6 is 11.6 Å². The Labute approximate surface area is 228 Å². The molecular formula is C29H28ClN5O2S. The number of rotatable bonds is 4. The van der Waals surface area contributed by atoms with Crippen LogP contribution in [0, 0.1) is 19.3 Å². The van der Waals surface area contributed by atoms with Crippen LogP contribution in [0.4, 0.5) is 0 Å². The Morgan fingerprint density at radius 1 is 1.18 bits per heavy atom. The van der Waals surface area contributed by atoms with E-state index < -0.39 is 10.8 Å². The van der Waals surface area contributed by atoms with Crippen molar-refractivity contribution in [1.82, 2.24) is 24.9 Å². The zero-order valence-corrected chi connectivity index (χ0v) is 23.0. The number of amides is 1. The molecule has 1 amide bonds. The Morgan fingerprint density at radius 2 is 1.95 bits per heavy atom. The van der Waals surface area contributed by atoms with E-state index in [9.17, 15) is 9.00 Å². The Morgan fingerprint density at radius 3 is 2.71 bits per heavy atom. The summed E-state index contributed by atoms with van der Waals surface area (Å²) in [5.74, 6) is 1.21. The van der Waals surface area contributed by atoms with Crippen molar-refractivity contribution in [2.45, 2.75) is 44.2 Å². The van der Waals surface area contributed by atoms with Crippen molar-refractivity contribution in [3.05, 3.63) is 70.5 Å². The van der Waals surface area contributed by atoms with Gasteiger partial charge in [-0.1, -0.05) is 30.3 Å². The van der Waals surface area contributed by atoms with E-state index in [0.29, 0.717) is 16.5 Å². The molecule has 0 radical (unpaired) electrons. The minimum atomic E-state index is -0.848. The number of hydrogen-bond acceptors (Lipinski definition) is 4. The van der Waals surface area contributed by atoms with Gasteiger partial charge in [0.15, 0.2) is 0 Å². The highest BCUT2D eigenvalue weighted by atomic mass is 35.5. The Hall–Kier alpha value is -3.23. The van der Waals surface area contributed by atoms with E-state index in [2.05, 4.69) is 46.6 Å². The van der Waals surface area contributed by atoms with Gasteiger partial charge < -0.3 is 4.90 Å². The number of halogens is 1. The van der Waals surface area contributed by atoms with Crippen molar-refractivity contribution in [2.24, 2.45) is 5.41 Å². The lowest BCUT2D eigenvalue weighted by Crippen LogP contribution is -2.63. The van der Waals surface area contributed by atoms with E-state index in [4.69, 9.17) is 16.7 Å². The zero-order valence-electron chi connectivity index (χ0n) is 21.4. The molecule has 1 spiro atoms. The SMILES string of the molecule is C=CC(=O)N1CC2(CC(n3nc(-c4ccc5c(c4)CS(=O)C5)c(-c4c(Cl)c(C)cc5[nH]ncc45)c3C)C2)C1. The van der Waals surface area contributed by atoms with Gasteiger partial charge in [0.1, 0.15) is 5.69 Å². The number of aromatic nitrogens is 4. The topological polar surface area (TPSA) is 83.9 Å². The zero-order chi connectivity index (χ0) is 26.3. The van der Waals surface area contributed by atoms with Gasteiger partial charge in [-0.15, -0.1) is 0 Å². The third kappa shape index (κ3) is 3.46. The van der Waals surface area contributed by atoms with E-state index >= 15 is 0 Å². The van der Waals surface area contributed by atoms with Crippen LogP contribution < -0.4 is 0 Å². The summed E-state index contributed by atoms with van der Waals surface area (Å²) in [7, 11) is -0.848. The summed E-state index contributed by atoms with van der Waals surface area (Å²) in [6.45, 7) is 9.33. The number of aromatic amines is 1. The number of carbonyl (C=O) groups is 1. The highest BCUT2D eigenvalue weighted by Crippen LogP contribution is 2.55. The Balaban J connectivity index is 1.34. The highest BCUT2D eigenvalue weighted by molar-refractivity contribution is 7.83. The van der Waals surface area contributed by atoms with Crippen molar-refractivity contribution in [3.63, 3.8) is 0 Å². The van der Waals surface area contributed by atoms with Crippen LogP contribution in [0.1, 0.15) is 41.3 Å². The van der Waals surface area contributed by atoms with Gasteiger partial charge in [-0.2, -0.15) is 10.2 Å². The second-order valence-electron chi connectivity index (χ2n) is 11.1. The molecule has 4 heterocycles. The number of carbonyl (C=O) groups excluding carboxylic acids is 1. The second kappa shape index (κ2) is 8.38. The number of fused-ring (bicyclic) bond motifs is 2. The van der Waals surface area contributed by atoms with Crippen LogP contribution in [0.15, 0.2) is 43.1 Å². The molecule has 1 N–H and O–H groups in total. The number of aryl methyl sites for hydroxylation is 1. The molecule has 38 heavy (non-hydrogen) atoms. The minimum Gasteiger partial charge on any atom is -0.338 e. The fraction of sp³-hybridized carbons (Fsp3) is 0.345. The third-order valence-electron chi connectivity index (χ3n) is 8.60. The van der Waals surface area contributed by atoms with Gasteiger partial charge in [0, 0.05) is 68.6 Å². The summed E-state index contributed by atoms with van der Waals surface area (Å²) < 4.78 is 14.4. The predicted octanol–water partition coefficient (Wildman–Crippen LogP) is 5.48. The third-order valence-corrected chi connectivity index (χ3v) is 10.4. The molecule has 7 nitrogen and oxygen atoms in total. The maximum Gasteiger partial charge on any atom is 0.245 e. The average molecular weight is 546 g/mol. The molecule has 4 aromatic rings. The van der Waals surface area contributed by atoms with E-state index in [1.165, 1.54) is 6.08 Å².